The van der Waals surface area contributed by atoms with Crippen molar-refractivity contribution in [3.8, 4) is 5.75 Å². The molecule has 6 heteroatoms. The molecule has 0 saturated carbocycles. The molecule has 3 N–H and O–H groups in total. The number of phenolic OH excluding ortho intramolecular Hbond substituents is 1. The van der Waals surface area contributed by atoms with E-state index in [4.69, 9.17) is 0 Å². The fourth-order valence-corrected chi connectivity index (χ4v) is 2.54. The van der Waals surface area contributed by atoms with Gasteiger partial charge in [0, 0.05) is 12.6 Å². The molecule has 0 radical (unpaired) electrons. The molecule has 19 heavy (non-hydrogen) atoms. The lowest BCUT2D eigenvalue weighted by Gasteiger charge is -2.10. The standard InChI is InChI=1S/C13H15N3O3/c17-9-1-2-10-11(5-9)15-13(19)16(12(10)18)7-8-3-4-14-6-8/h1-2,5,8,14,17H,3-4,6-7H2,(H,15,19). The van der Waals surface area contributed by atoms with Gasteiger partial charge in [-0.15, -0.1) is 0 Å². The number of nitrogens with zero attached hydrogens (tertiary/aromatic N) is 1. The Morgan fingerprint density at radius 3 is 2.95 bits per heavy atom. The van der Waals surface area contributed by atoms with Crippen LogP contribution in [0.5, 0.6) is 5.75 Å². The van der Waals surface area contributed by atoms with Crippen LogP contribution >= 0.6 is 0 Å². The number of H-pyrrole nitrogens is 1. The molecule has 6 nitrogen and oxygen atoms in total. The molecule has 0 amide bonds. The molecule has 1 aliphatic rings. The largest absolute Gasteiger partial charge is 0.508 e. The molecule has 3 rings (SSSR count). The molecule has 100 valence electrons. The molecule has 1 fully saturated rings. The third-order valence-corrected chi connectivity index (χ3v) is 3.57. The number of hydrogen-bond acceptors (Lipinski definition) is 4. The van der Waals surface area contributed by atoms with E-state index in [9.17, 15) is 14.7 Å². The number of hydrogen-bond donors (Lipinski definition) is 3. The molecule has 2 heterocycles. The fourth-order valence-electron chi connectivity index (χ4n) is 2.54. The SMILES string of the molecule is O=c1[nH]c2cc(O)ccc2c(=O)n1CC1CCNC1. The number of fused-ring (bicyclic) bond motifs is 1. The van der Waals surface area contributed by atoms with Crippen LogP contribution in [0.1, 0.15) is 6.42 Å². The fraction of sp³-hybridized carbons (Fsp3) is 0.385. The molecule has 1 atom stereocenters. The Kier molecular flexibility index (Phi) is 2.87. The van der Waals surface area contributed by atoms with Gasteiger partial charge in [0.25, 0.3) is 5.56 Å². The highest BCUT2D eigenvalue weighted by molar-refractivity contribution is 5.78. The number of rotatable bonds is 2. The smallest absolute Gasteiger partial charge is 0.328 e. The lowest BCUT2D eigenvalue weighted by atomic mass is 10.1. The van der Waals surface area contributed by atoms with Crippen molar-refractivity contribution in [1.82, 2.24) is 14.9 Å². The molecule has 1 aromatic heterocycles. The summed E-state index contributed by atoms with van der Waals surface area (Å²) in [5.41, 5.74) is -0.351. The second-order valence-corrected chi connectivity index (χ2v) is 4.93. The van der Waals surface area contributed by atoms with E-state index in [-0.39, 0.29) is 11.3 Å². The average molecular weight is 261 g/mol. The van der Waals surface area contributed by atoms with Crippen molar-refractivity contribution in [2.24, 2.45) is 5.92 Å². The monoisotopic (exact) mass is 261 g/mol. The van der Waals surface area contributed by atoms with Crippen LogP contribution in [0.15, 0.2) is 27.8 Å². The van der Waals surface area contributed by atoms with Gasteiger partial charge in [-0.2, -0.15) is 0 Å². The normalized spacial score (nSPS) is 19.1. The number of aromatic nitrogens is 2. The van der Waals surface area contributed by atoms with Crippen molar-refractivity contribution in [1.29, 1.82) is 0 Å². The van der Waals surface area contributed by atoms with Gasteiger partial charge in [0.2, 0.25) is 0 Å². The quantitative estimate of drug-likeness (QED) is 0.710. The summed E-state index contributed by atoms with van der Waals surface area (Å²) in [7, 11) is 0. The first-order valence-electron chi connectivity index (χ1n) is 6.32. The van der Waals surface area contributed by atoms with Crippen molar-refractivity contribution in [2.75, 3.05) is 13.1 Å². The first kappa shape index (κ1) is 12.0. The third kappa shape index (κ3) is 2.15. The molecule has 0 bridgehead atoms. The van der Waals surface area contributed by atoms with Gasteiger partial charge >= 0.3 is 5.69 Å². The second-order valence-electron chi connectivity index (χ2n) is 4.93. The van der Waals surface area contributed by atoms with Gasteiger partial charge in [-0.1, -0.05) is 0 Å². The van der Waals surface area contributed by atoms with Crippen LogP contribution in [0.4, 0.5) is 0 Å². The zero-order chi connectivity index (χ0) is 13.4. The molecule has 1 unspecified atom stereocenters. The Morgan fingerprint density at radius 1 is 1.37 bits per heavy atom. The Bertz CT molecular complexity index is 726. The third-order valence-electron chi connectivity index (χ3n) is 3.57. The van der Waals surface area contributed by atoms with E-state index in [0.717, 1.165) is 19.5 Å². The predicted octanol–water partition coefficient (Wildman–Crippen LogP) is 0.00490. The highest BCUT2D eigenvalue weighted by atomic mass is 16.3. The number of nitrogens with one attached hydrogen (secondary N) is 2. The minimum Gasteiger partial charge on any atom is -0.508 e. The lowest BCUT2D eigenvalue weighted by Crippen LogP contribution is -2.37. The molecule has 1 aliphatic heterocycles. The van der Waals surface area contributed by atoms with E-state index in [0.29, 0.717) is 23.4 Å². The van der Waals surface area contributed by atoms with Crippen LogP contribution in [-0.4, -0.2) is 27.7 Å². The van der Waals surface area contributed by atoms with Gasteiger partial charge in [0.05, 0.1) is 10.9 Å². The molecule has 0 aliphatic carbocycles. The van der Waals surface area contributed by atoms with E-state index in [1.807, 2.05) is 0 Å². The van der Waals surface area contributed by atoms with Crippen molar-refractivity contribution >= 4 is 10.9 Å². The molecule has 1 saturated heterocycles. The molecular formula is C13H15N3O3. The maximum Gasteiger partial charge on any atom is 0.328 e. The average Bonchev–Trinajstić information content (AvgIpc) is 2.87. The van der Waals surface area contributed by atoms with Crippen LogP contribution in [0.3, 0.4) is 0 Å². The first-order valence-corrected chi connectivity index (χ1v) is 6.32. The first-order chi connectivity index (χ1) is 9.15. The molecular weight excluding hydrogens is 246 g/mol. The number of phenols is 1. The van der Waals surface area contributed by atoms with Crippen LogP contribution in [0.25, 0.3) is 10.9 Å². The topological polar surface area (TPSA) is 87.1 Å². The Balaban J connectivity index is 2.11. The van der Waals surface area contributed by atoms with Crippen LogP contribution < -0.4 is 16.6 Å². The summed E-state index contributed by atoms with van der Waals surface area (Å²) >= 11 is 0. The van der Waals surface area contributed by atoms with Gasteiger partial charge in [-0.3, -0.25) is 9.36 Å². The van der Waals surface area contributed by atoms with Gasteiger partial charge in [-0.25, -0.2) is 4.79 Å². The maximum atomic E-state index is 12.3. The van der Waals surface area contributed by atoms with Gasteiger partial charge in [-0.05, 0) is 37.6 Å². The van der Waals surface area contributed by atoms with Crippen LogP contribution in [0.2, 0.25) is 0 Å². The van der Waals surface area contributed by atoms with Crippen molar-refractivity contribution in [3.05, 3.63) is 39.0 Å². The summed E-state index contributed by atoms with van der Waals surface area (Å²) in [4.78, 5) is 26.9. The van der Waals surface area contributed by atoms with E-state index in [1.165, 1.54) is 22.8 Å². The summed E-state index contributed by atoms with van der Waals surface area (Å²) in [6.45, 7) is 2.19. The number of aromatic amines is 1. The van der Waals surface area contributed by atoms with E-state index in [1.54, 1.807) is 0 Å². The predicted molar refractivity (Wildman–Crippen MR) is 71.5 cm³/mol. The minimum atomic E-state index is -0.421. The van der Waals surface area contributed by atoms with E-state index in [2.05, 4.69) is 10.3 Å². The van der Waals surface area contributed by atoms with Gasteiger partial charge in [0.15, 0.2) is 0 Å². The summed E-state index contributed by atoms with van der Waals surface area (Å²) in [5.74, 6) is 0.341. The van der Waals surface area contributed by atoms with Gasteiger partial charge in [0.1, 0.15) is 5.75 Å². The summed E-state index contributed by atoms with van der Waals surface area (Å²) in [6, 6.07) is 4.37. The van der Waals surface area contributed by atoms with E-state index < -0.39 is 5.69 Å². The number of benzene rings is 1. The Hall–Kier alpha value is -2.08. The van der Waals surface area contributed by atoms with Crippen molar-refractivity contribution in [2.45, 2.75) is 13.0 Å². The number of aromatic hydroxyl groups is 1. The van der Waals surface area contributed by atoms with Crippen LogP contribution in [-0.2, 0) is 6.54 Å². The molecule has 2 aromatic rings. The zero-order valence-electron chi connectivity index (χ0n) is 10.3. The summed E-state index contributed by atoms with van der Waals surface area (Å²) in [5, 5.41) is 13.0. The summed E-state index contributed by atoms with van der Waals surface area (Å²) < 4.78 is 1.25. The van der Waals surface area contributed by atoms with E-state index >= 15 is 0 Å². The highest BCUT2D eigenvalue weighted by Crippen LogP contribution is 2.14. The highest BCUT2D eigenvalue weighted by Gasteiger charge is 2.17. The second kappa shape index (κ2) is 4.55. The van der Waals surface area contributed by atoms with Crippen molar-refractivity contribution in [3.63, 3.8) is 0 Å². The Morgan fingerprint density at radius 2 is 2.21 bits per heavy atom. The maximum absolute atomic E-state index is 12.3. The van der Waals surface area contributed by atoms with Crippen LogP contribution in [0, 0.1) is 5.92 Å². The lowest BCUT2D eigenvalue weighted by molar-refractivity contribution is 0.459. The summed E-state index contributed by atoms with van der Waals surface area (Å²) in [6.07, 6.45) is 0.972. The van der Waals surface area contributed by atoms with Crippen molar-refractivity contribution < 1.29 is 5.11 Å². The van der Waals surface area contributed by atoms with Gasteiger partial charge < -0.3 is 15.4 Å². The molecule has 0 spiro atoms. The zero-order valence-corrected chi connectivity index (χ0v) is 10.3. The Labute approximate surface area is 108 Å². The minimum absolute atomic E-state index is 0.0280. The molecule has 1 aromatic carbocycles.